The van der Waals surface area contributed by atoms with Gasteiger partial charge in [0.15, 0.2) is 0 Å². The number of anilines is 1. The molecule has 10 heteroatoms. The average molecular weight is 529 g/mol. The van der Waals surface area contributed by atoms with Gasteiger partial charge >= 0.3 is 0 Å². The molecule has 0 fully saturated rings. The maximum atomic E-state index is 13.6. The third-order valence-corrected chi connectivity index (χ3v) is 7.26. The standard InChI is InChI=1S/C24H31Cl2N3O4S/c1-5-18-10-8-9-11-22(18)29(34(4,32)33)16-23(30)28(21(6-2)24(31)27-7-3)15-17-12-13-19(25)20(26)14-17/h8-14,21H,5-7,15-16H2,1-4H3,(H,27,31)/t21-/m1/s1. The molecule has 34 heavy (non-hydrogen) atoms. The molecule has 0 saturated carbocycles. The van der Waals surface area contributed by atoms with Crippen LogP contribution in [0.5, 0.6) is 0 Å². The van der Waals surface area contributed by atoms with E-state index in [0.717, 1.165) is 16.1 Å². The third kappa shape index (κ3) is 7.10. The summed E-state index contributed by atoms with van der Waals surface area (Å²) in [5, 5.41) is 3.46. The molecular formula is C24H31Cl2N3O4S. The molecule has 0 spiro atoms. The Balaban J connectivity index is 2.49. The molecule has 1 N–H and O–H groups in total. The van der Waals surface area contributed by atoms with Crippen molar-refractivity contribution in [3.8, 4) is 0 Å². The van der Waals surface area contributed by atoms with Crippen LogP contribution in [0, 0.1) is 0 Å². The zero-order chi connectivity index (χ0) is 25.5. The van der Waals surface area contributed by atoms with Crippen molar-refractivity contribution in [2.24, 2.45) is 0 Å². The summed E-state index contributed by atoms with van der Waals surface area (Å²) in [4.78, 5) is 27.8. The Morgan fingerprint density at radius 2 is 1.71 bits per heavy atom. The van der Waals surface area contributed by atoms with Gasteiger partial charge in [0.2, 0.25) is 21.8 Å². The number of hydrogen-bond acceptors (Lipinski definition) is 4. The Morgan fingerprint density at radius 3 is 2.26 bits per heavy atom. The van der Waals surface area contributed by atoms with Crippen molar-refractivity contribution in [1.29, 1.82) is 0 Å². The van der Waals surface area contributed by atoms with Gasteiger partial charge in [-0.2, -0.15) is 0 Å². The van der Waals surface area contributed by atoms with Crippen LogP contribution in [0.1, 0.15) is 38.3 Å². The fraction of sp³-hybridized carbons (Fsp3) is 0.417. The lowest BCUT2D eigenvalue weighted by Gasteiger charge is -2.33. The number of aryl methyl sites for hydroxylation is 1. The van der Waals surface area contributed by atoms with Gasteiger partial charge in [-0.05, 0) is 49.1 Å². The molecular weight excluding hydrogens is 497 g/mol. The van der Waals surface area contributed by atoms with Crippen molar-refractivity contribution in [2.45, 2.75) is 46.2 Å². The number of rotatable bonds is 11. The summed E-state index contributed by atoms with van der Waals surface area (Å²) in [6, 6.07) is 11.2. The van der Waals surface area contributed by atoms with Gasteiger partial charge in [-0.15, -0.1) is 0 Å². The Morgan fingerprint density at radius 1 is 1.03 bits per heavy atom. The van der Waals surface area contributed by atoms with Crippen LogP contribution in [-0.2, 0) is 32.6 Å². The summed E-state index contributed by atoms with van der Waals surface area (Å²) in [7, 11) is -3.78. The van der Waals surface area contributed by atoms with Crippen LogP contribution in [-0.4, -0.2) is 50.5 Å². The largest absolute Gasteiger partial charge is 0.355 e. The minimum Gasteiger partial charge on any atom is -0.355 e. The number of carbonyl (C=O) groups excluding carboxylic acids is 2. The smallest absolute Gasteiger partial charge is 0.244 e. The number of hydrogen-bond donors (Lipinski definition) is 1. The van der Waals surface area contributed by atoms with Crippen LogP contribution in [0.3, 0.4) is 0 Å². The number of likely N-dealkylation sites (N-methyl/N-ethyl adjacent to an activating group) is 1. The second-order valence-electron chi connectivity index (χ2n) is 7.84. The Hall–Kier alpha value is -2.29. The Labute approximate surface area is 212 Å². The van der Waals surface area contributed by atoms with E-state index in [0.29, 0.717) is 40.7 Å². The highest BCUT2D eigenvalue weighted by molar-refractivity contribution is 7.92. The number of nitrogens with one attached hydrogen (secondary N) is 1. The van der Waals surface area contributed by atoms with Crippen LogP contribution >= 0.6 is 23.2 Å². The molecule has 186 valence electrons. The van der Waals surface area contributed by atoms with E-state index in [1.807, 2.05) is 19.1 Å². The summed E-state index contributed by atoms with van der Waals surface area (Å²) in [6.07, 6.45) is 2.01. The highest BCUT2D eigenvalue weighted by atomic mass is 35.5. The average Bonchev–Trinajstić information content (AvgIpc) is 2.79. The van der Waals surface area contributed by atoms with Gasteiger partial charge < -0.3 is 10.2 Å². The van der Waals surface area contributed by atoms with Crippen molar-refractivity contribution < 1.29 is 18.0 Å². The van der Waals surface area contributed by atoms with Crippen molar-refractivity contribution in [1.82, 2.24) is 10.2 Å². The van der Waals surface area contributed by atoms with E-state index in [-0.39, 0.29) is 12.5 Å². The SMILES string of the molecule is CCNC(=O)[C@@H](CC)N(Cc1ccc(Cl)c(Cl)c1)C(=O)CN(c1ccccc1CC)S(C)(=O)=O. The summed E-state index contributed by atoms with van der Waals surface area (Å²) in [5.74, 6) is -0.807. The summed E-state index contributed by atoms with van der Waals surface area (Å²) < 4.78 is 26.5. The fourth-order valence-electron chi connectivity index (χ4n) is 3.69. The zero-order valence-corrected chi connectivity index (χ0v) is 22.2. The maximum absolute atomic E-state index is 13.6. The number of sulfonamides is 1. The van der Waals surface area contributed by atoms with Gasteiger partial charge in [0, 0.05) is 13.1 Å². The van der Waals surface area contributed by atoms with E-state index in [4.69, 9.17) is 23.2 Å². The number of nitrogens with zero attached hydrogens (tertiary/aromatic N) is 2. The van der Waals surface area contributed by atoms with Crippen LogP contribution in [0.4, 0.5) is 5.69 Å². The van der Waals surface area contributed by atoms with E-state index < -0.39 is 28.5 Å². The lowest BCUT2D eigenvalue weighted by atomic mass is 10.1. The molecule has 0 bridgehead atoms. The molecule has 0 heterocycles. The van der Waals surface area contributed by atoms with E-state index in [1.165, 1.54) is 4.90 Å². The van der Waals surface area contributed by atoms with Crippen molar-refractivity contribution in [2.75, 3.05) is 23.7 Å². The molecule has 2 rings (SSSR count). The first kappa shape index (κ1) is 28.0. The second kappa shape index (κ2) is 12.4. The maximum Gasteiger partial charge on any atom is 0.244 e. The molecule has 0 aromatic heterocycles. The molecule has 0 unspecified atom stereocenters. The predicted molar refractivity (Wildman–Crippen MR) is 138 cm³/mol. The molecule has 0 radical (unpaired) electrons. The van der Waals surface area contributed by atoms with Gasteiger partial charge in [-0.3, -0.25) is 13.9 Å². The monoisotopic (exact) mass is 527 g/mol. The van der Waals surface area contributed by atoms with Crippen LogP contribution in [0.25, 0.3) is 0 Å². The quantitative estimate of drug-likeness (QED) is 0.472. The van der Waals surface area contributed by atoms with E-state index in [1.54, 1.807) is 44.2 Å². The molecule has 0 aliphatic carbocycles. The van der Waals surface area contributed by atoms with Gasteiger partial charge in [0.05, 0.1) is 22.0 Å². The van der Waals surface area contributed by atoms with Crippen LogP contribution < -0.4 is 9.62 Å². The van der Waals surface area contributed by atoms with Gasteiger partial charge in [0.25, 0.3) is 0 Å². The van der Waals surface area contributed by atoms with E-state index in [9.17, 15) is 18.0 Å². The van der Waals surface area contributed by atoms with Crippen LogP contribution in [0.2, 0.25) is 10.0 Å². The van der Waals surface area contributed by atoms with Crippen molar-refractivity contribution in [3.05, 3.63) is 63.6 Å². The normalized spacial score (nSPS) is 12.2. The highest BCUT2D eigenvalue weighted by Gasteiger charge is 2.32. The highest BCUT2D eigenvalue weighted by Crippen LogP contribution is 2.26. The minimum absolute atomic E-state index is 0.0678. The molecule has 2 aromatic rings. The number of benzene rings is 2. The van der Waals surface area contributed by atoms with Gasteiger partial charge in [0.1, 0.15) is 12.6 Å². The third-order valence-electron chi connectivity index (χ3n) is 5.39. The molecule has 7 nitrogen and oxygen atoms in total. The second-order valence-corrected chi connectivity index (χ2v) is 10.6. The van der Waals surface area contributed by atoms with Crippen LogP contribution in [0.15, 0.2) is 42.5 Å². The van der Waals surface area contributed by atoms with Gasteiger partial charge in [-0.1, -0.05) is 61.3 Å². The minimum atomic E-state index is -3.78. The fourth-order valence-corrected chi connectivity index (χ4v) is 4.90. The van der Waals surface area contributed by atoms with Crippen molar-refractivity contribution in [3.63, 3.8) is 0 Å². The van der Waals surface area contributed by atoms with E-state index in [2.05, 4.69) is 5.32 Å². The lowest BCUT2D eigenvalue weighted by molar-refractivity contribution is -0.140. The molecule has 1 atom stereocenters. The summed E-state index contributed by atoms with van der Waals surface area (Å²) in [6.45, 7) is 5.55. The first-order valence-electron chi connectivity index (χ1n) is 11.1. The molecule has 2 aromatic carbocycles. The first-order chi connectivity index (χ1) is 16.0. The number of halogens is 2. The summed E-state index contributed by atoms with van der Waals surface area (Å²) in [5.41, 5.74) is 1.92. The summed E-state index contributed by atoms with van der Waals surface area (Å²) >= 11 is 12.2. The molecule has 0 aliphatic heterocycles. The molecule has 2 amide bonds. The Bertz CT molecular complexity index is 1120. The predicted octanol–water partition coefficient (Wildman–Crippen LogP) is 4.27. The zero-order valence-electron chi connectivity index (χ0n) is 19.8. The number of para-hydroxylation sites is 1. The lowest BCUT2D eigenvalue weighted by Crippen LogP contribution is -2.52. The van der Waals surface area contributed by atoms with Crippen molar-refractivity contribution >= 4 is 50.7 Å². The van der Waals surface area contributed by atoms with Gasteiger partial charge in [-0.25, -0.2) is 8.42 Å². The Kier molecular flexibility index (Phi) is 10.2. The van der Waals surface area contributed by atoms with E-state index >= 15 is 0 Å². The molecule has 0 saturated heterocycles. The first-order valence-corrected chi connectivity index (χ1v) is 13.7. The number of amides is 2. The number of carbonyl (C=O) groups is 2. The topological polar surface area (TPSA) is 86.8 Å². The molecule has 0 aliphatic rings.